The molecule has 1 heterocycles. The van der Waals surface area contributed by atoms with Crippen LogP contribution in [0.3, 0.4) is 0 Å². The minimum Gasteiger partial charge on any atom is -0.497 e. The van der Waals surface area contributed by atoms with Crippen molar-refractivity contribution in [3.05, 3.63) is 106 Å². The van der Waals surface area contributed by atoms with E-state index in [2.05, 4.69) is 0 Å². The summed E-state index contributed by atoms with van der Waals surface area (Å²) < 4.78 is 7.03. The molecule has 5 heteroatoms. The zero-order valence-corrected chi connectivity index (χ0v) is 16.8. The standard InChI is InChI=1S/C25H16ClNO3/c1-30-18-12-10-17(11-13-18)27-14-21(15-6-8-16(26)9-7-15)22-23(27)25(29)20-5-3-2-4-19(20)24(22)28/h2-14H,1H3. The molecular weight excluding hydrogens is 398 g/mol. The Balaban J connectivity index is 1.79. The lowest BCUT2D eigenvalue weighted by atomic mass is 9.85. The van der Waals surface area contributed by atoms with Crippen LogP contribution in [0.25, 0.3) is 16.8 Å². The zero-order valence-electron chi connectivity index (χ0n) is 16.1. The number of benzene rings is 3. The van der Waals surface area contributed by atoms with Crippen LogP contribution in [-0.2, 0) is 0 Å². The smallest absolute Gasteiger partial charge is 0.211 e. The normalized spacial score (nSPS) is 12.5. The van der Waals surface area contributed by atoms with Crippen LogP contribution in [0.15, 0.2) is 79.0 Å². The summed E-state index contributed by atoms with van der Waals surface area (Å²) >= 11 is 6.05. The Labute approximate surface area is 178 Å². The van der Waals surface area contributed by atoms with E-state index in [1.165, 1.54) is 0 Å². The van der Waals surface area contributed by atoms with E-state index in [1.54, 1.807) is 48.1 Å². The van der Waals surface area contributed by atoms with E-state index < -0.39 is 0 Å². The first-order valence-corrected chi connectivity index (χ1v) is 9.80. The monoisotopic (exact) mass is 413 g/mol. The third-order valence-electron chi connectivity index (χ3n) is 5.37. The van der Waals surface area contributed by atoms with Crippen molar-refractivity contribution < 1.29 is 14.3 Å². The van der Waals surface area contributed by atoms with Crippen molar-refractivity contribution in [2.75, 3.05) is 7.11 Å². The van der Waals surface area contributed by atoms with Crippen molar-refractivity contribution in [3.8, 4) is 22.6 Å². The number of carbonyl (C=O) groups excluding carboxylic acids is 2. The van der Waals surface area contributed by atoms with Gasteiger partial charge in [0.25, 0.3) is 0 Å². The van der Waals surface area contributed by atoms with Gasteiger partial charge in [-0.05, 0) is 42.0 Å². The highest BCUT2D eigenvalue weighted by Crippen LogP contribution is 2.38. The maximum atomic E-state index is 13.5. The van der Waals surface area contributed by atoms with Crippen molar-refractivity contribution in [1.29, 1.82) is 0 Å². The van der Waals surface area contributed by atoms with Gasteiger partial charge in [0.15, 0.2) is 5.78 Å². The van der Waals surface area contributed by atoms with Crippen LogP contribution in [0.1, 0.15) is 32.0 Å². The average molecular weight is 414 g/mol. The number of ether oxygens (including phenoxy) is 1. The number of methoxy groups -OCH3 is 1. The van der Waals surface area contributed by atoms with Crippen molar-refractivity contribution in [2.45, 2.75) is 0 Å². The van der Waals surface area contributed by atoms with E-state index in [0.717, 1.165) is 11.3 Å². The summed E-state index contributed by atoms with van der Waals surface area (Å²) in [5, 5.41) is 0.606. The van der Waals surface area contributed by atoms with E-state index >= 15 is 0 Å². The topological polar surface area (TPSA) is 48.3 Å². The van der Waals surface area contributed by atoms with Crippen LogP contribution in [-0.4, -0.2) is 23.2 Å². The number of halogens is 1. The molecule has 1 aliphatic rings. The SMILES string of the molecule is COc1ccc(-n2cc(-c3ccc(Cl)cc3)c3c2C(=O)c2ccccc2C3=O)cc1. The van der Waals surface area contributed by atoms with Gasteiger partial charge in [-0.2, -0.15) is 0 Å². The lowest BCUT2D eigenvalue weighted by Crippen LogP contribution is -2.22. The van der Waals surface area contributed by atoms with Crippen LogP contribution in [0, 0.1) is 0 Å². The van der Waals surface area contributed by atoms with E-state index in [0.29, 0.717) is 38.7 Å². The molecule has 0 atom stereocenters. The molecular formula is C25H16ClNO3. The highest BCUT2D eigenvalue weighted by atomic mass is 35.5. The second kappa shape index (κ2) is 7.01. The number of rotatable bonds is 3. The van der Waals surface area contributed by atoms with Crippen molar-refractivity contribution in [2.24, 2.45) is 0 Å². The summed E-state index contributed by atoms with van der Waals surface area (Å²) in [5.74, 6) is 0.388. The quantitative estimate of drug-likeness (QED) is 0.388. The lowest BCUT2D eigenvalue weighted by Gasteiger charge is -2.18. The average Bonchev–Trinajstić information content (AvgIpc) is 3.19. The fraction of sp³-hybridized carbons (Fsp3) is 0.0400. The maximum Gasteiger partial charge on any atom is 0.211 e. The van der Waals surface area contributed by atoms with Crippen LogP contribution < -0.4 is 4.74 Å². The number of fused-ring (bicyclic) bond motifs is 2. The molecule has 5 rings (SSSR count). The molecule has 0 unspecified atom stereocenters. The second-order valence-corrected chi connectivity index (χ2v) is 7.48. The summed E-state index contributed by atoms with van der Waals surface area (Å²) in [6.07, 6.45) is 1.84. The number of aromatic nitrogens is 1. The van der Waals surface area contributed by atoms with Crippen molar-refractivity contribution in [3.63, 3.8) is 0 Å². The number of hydrogen-bond acceptors (Lipinski definition) is 3. The van der Waals surface area contributed by atoms with Gasteiger partial charge in [0.05, 0.1) is 12.7 Å². The van der Waals surface area contributed by atoms with Gasteiger partial charge in [-0.25, -0.2) is 0 Å². The molecule has 3 aromatic carbocycles. The Morgan fingerprint density at radius 1 is 0.767 bits per heavy atom. The molecule has 0 N–H and O–H groups in total. The van der Waals surface area contributed by atoms with Gasteiger partial charge in [-0.3, -0.25) is 9.59 Å². The predicted molar refractivity (Wildman–Crippen MR) is 116 cm³/mol. The van der Waals surface area contributed by atoms with Gasteiger partial charge >= 0.3 is 0 Å². The fourth-order valence-electron chi connectivity index (χ4n) is 3.90. The number of carbonyl (C=O) groups is 2. The lowest BCUT2D eigenvalue weighted by molar-refractivity contribution is 0.0975. The number of ketones is 2. The summed E-state index contributed by atoms with van der Waals surface area (Å²) in [5.41, 5.74) is 3.93. The number of hydrogen-bond donors (Lipinski definition) is 0. The van der Waals surface area contributed by atoms with Gasteiger partial charge in [0.2, 0.25) is 5.78 Å². The first-order valence-electron chi connectivity index (χ1n) is 9.42. The summed E-state index contributed by atoms with van der Waals surface area (Å²) in [4.78, 5) is 26.9. The van der Waals surface area contributed by atoms with Gasteiger partial charge < -0.3 is 9.30 Å². The third kappa shape index (κ3) is 2.77. The fourth-order valence-corrected chi connectivity index (χ4v) is 4.02. The number of nitrogens with zero attached hydrogens (tertiary/aromatic N) is 1. The zero-order chi connectivity index (χ0) is 20.8. The highest BCUT2D eigenvalue weighted by Gasteiger charge is 2.35. The Morgan fingerprint density at radius 2 is 1.40 bits per heavy atom. The first-order chi connectivity index (χ1) is 14.6. The molecule has 146 valence electrons. The predicted octanol–water partition coefficient (Wildman–Crippen LogP) is 5.58. The Morgan fingerprint density at radius 3 is 2.03 bits per heavy atom. The largest absolute Gasteiger partial charge is 0.497 e. The minimum atomic E-state index is -0.170. The maximum absolute atomic E-state index is 13.5. The molecule has 0 bridgehead atoms. The Bertz CT molecular complexity index is 1300. The highest BCUT2D eigenvalue weighted by molar-refractivity contribution is 6.31. The van der Waals surface area contributed by atoms with Crippen LogP contribution >= 0.6 is 11.6 Å². The summed E-state index contributed by atoms with van der Waals surface area (Å²) in [7, 11) is 1.60. The van der Waals surface area contributed by atoms with Gasteiger partial charge in [0.1, 0.15) is 11.4 Å². The van der Waals surface area contributed by atoms with Gasteiger partial charge in [0, 0.05) is 33.6 Å². The molecule has 4 aromatic rings. The molecule has 1 aromatic heterocycles. The molecule has 0 fully saturated rings. The summed E-state index contributed by atoms with van der Waals surface area (Å²) in [6.45, 7) is 0. The van der Waals surface area contributed by atoms with E-state index in [4.69, 9.17) is 16.3 Å². The van der Waals surface area contributed by atoms with Gasteiger partial charge in [-0.1, -0.05) is 48.0 Å². The molecule has 30 heavy (non-hydrogen) atoms. The molecule has 1 aliphatic carbocycles. The van der Waals surface area contributed by atoms with Crippen molar-refractivity contribution in [1.82, 2.24) is 4.57 Å². The molecule has 0 amide bonds. The molecule has 0 spiro atoms. The molecule has 0 saturated heterocycles. The minimum absolute atomic E-state index is 0.155. The molecule has 0 saturated carbocycles. The van der Waals surface area contributed by atoms with Crippen LogP contribution in [0.4, 0.5) is 0 Å². The second-order valence-electron chi connectivity index (χ2n) is 7.05. The molecule has 0 aliphatic heterocycles. The van der Waals surface area contributed by atoms with E-state index in [1.807, 2.05) is 42.6 Å². The Hall–Kier alpha value is -3.63. The van der Waals surface area contributed by atoms with Crippen LogP contribution in [0.2, 0.25) is 5.02 Å². The molecule has 0 radical (unpaired) electrons. The molecule has 4 nitrogen and oxygen atoms in total. The Kier molecular flexibility index (Phi) is 4.30. The van der Waals surface area contributed by atoms with Crippen molar-refractivity contribution >= 4 is 23.2 Å². The first kappa shape index (κ1) is 18.4. The van der Waals surface area contributed by atoms with Gasteiger partial charge in [-0.15, -0.1) is 0 Å². The van der Waals surface area contributed by atoms with Crippen LogP contribution in [0.5, 0.6) is 5.75 Å². The third-order valence-corrected chi connectivity index (χ3v) is 5.62. The van der Waals surface area contributed by atoms with E-state index in [-0.39, 0.29) is 11.6 Å². The van der Waals surface area contributed by atoms with E-state index in [9.17, 15) is 9.59 Å². The summed E-state index contributed by atoms with van der Waals surface area (Å²) in [6, 6.07) is 21.6.